The van der Waals surface area contributed by atoms with Gasteiger partial charge in [-0.3, -0.25) is 0 Å². The molecule has 0 spiro atoms. The number of ether oxygens (including phenoxy) is 3. The molecule has 0 saturated carbocycles. The van der Waals surface area contributed by atoms with Gasteiger partial charge in [-0.15, -0.1) is 0 Å². The molecule has 2 unspecified atom stereocenters. The Labute approximate surface area is 115 Å². The van der Waals surface area contributed by atoms with Crippen LogP contribution in [0.15, 0.2) is 18.2 Å². The Morgan fingerprint density at radius 1 is 1.47 bits per heavy atom. The summed E-state index contributed by atoms with van der Waals surface area (Å²) in [5.41, 5.74) is 1.16. The highest BCUT2D eigenvalue weighted by atomic mass is 16.5. The minimum atomic E-state index is 0.152. The van der Waals surface area contributed by atoms with Gasteiger partial charge in [0.1, 0.15) is 17.6 Å². The molecule has 1 aromatic carbocycles. The zero-order chi connectivity index (χ0) is 13.7. The quantitative estimate of drug-likeness (QED) is 0.858. The van der Waals surface area contributed by atoms with Crippen molar-refractivity contribution in [2.75, 3.05) is 26.9 Å². The van der Waals surface area contributed by atoms with Crippen LogP contribution in [0.4, 0.5) is 0 Å². The van der Waals surface area contributed by atoms with Crippen molar-refractivity contribution in [2.45, 2.75) is 32.4 Å². The van der Waals surface area contributed by atoms with Gasteiger partial charge in [-0.1, -0.05) is 13.0 Å². The largest absolute Gasteiger partial charge is 0.497 e. The lowest BCUT2D eigenvalue weighted by molar-refractivity contribution is 0.140. The van der Waals surface area contributed by atoms with Crippen molar-refractivity contribution in [3.8, 4) is 11.5 Å². The minimum absolute atomic E-state index is 0.152. The predicted octanol–water partition coefficient (Wildman–Crippen LogP) is 2.53. The number of hydrogen-bond donors (Lipinski definition) is 1. The molecule has 1 N–H and O–H groups in total. The fraction of sp³-hybridized carbons (Fsp3) is 0.600. The summed E-state index contributed by atoms with van der Waals surface area (Å²) < 4.78 is 16.7. The van der Waals surface area contributed by atoms with Crippen LogP contribution in [0, 0.1) is 0 Å². The van der Waals surface area contributed by atoms with Gasteiger partial charge in [0.25, 0.3) is 0 Å². The van der Waals surface area contributed by atoms with Crippen LogP contribution in [0.1, 0.15) is 31.9 Å². The lowest BCUT2D eigenvalue weighted by atomic mass is 10.1. The molecule has 1 saturated heterocycles. The molecule has 1 heterocycles. The van der Waals surface area contributed by atoms with Gasteiger partial charge in [-0.25, -0.2) is 0 Å². The second-order valence-electron chi connectivity index (χ2n) is 4.79. The summed E-state index contributed by atoms with van der Waals surface area (Å²) in [6, 6.07) is 6.26. The Hall–Kier alpha value is -1.26. The fourth-order valence-electron chi connectivity index (χ4n) is 2.30. The second-order valence-corrected chi connectivity index (χ2v) is 4.79. The Balaban J connectivity index is 2.19. The van der Waals surface area contributed by atoms with Crippen LogP contribution in [-0.4, -0.2) is 33.0 Å². The topological polar surface area (TPSA) is 39.7 Å². The third-order valence-electron chi connectivity index (χ3n) is 3.38. The summed E-state index contributed by atoms with van der Waals surface area (Å²) in [7, 11) is 1.67. The lowest BCUT2D eigenvalue weighted by Gasteiger charge is -2.20. The fourth-order valence-corrected chi connectivity index (χ4v) is 2.30. The number of hydrogen-bond acceptors (Lipinski definition) is 4. The highest BCUT2D eigenvalue weighted by Crippen LogP contribution is 2.31. The Morgan fingerprint density at radius 3 is 2.95 bits per heavy atom. The summed E-state index contributed by atoms with van der Waals surface area (Å²) in [4.78, 5) is 0. The van der Waals surface area contributed by atoms with Crippen LogP contribution in [0.2, 0.25) is 0 Å². The second kappa shape index (κ2) is 6.78. The van der Waals surface area contributed by atoms with E-state index in [1.54, 1.807) is 7.11 Å². The molecule has 1 fully saturated rings. The van der Waals surface area contributed by atoms with Crippen molar-refractivity contribution >= 4 is 0 Å². The average molecular weight is 265 g/mol. The van der Waals surface area contributed by atoms with E-state index in [0.717, 1.165) is 36.6 Å². The minimum Gasteiger partial charge on any atom is -0.497 e. The SMILES string of the molecule is CCNC(C)c1ccc(OC)cc1OC1CCOC1. The first kappa shape index (κ1) is 14.2. The van der Waals surface area contributed by atoms with Crippen molar-refractivity contribution in [3.05, 3.63) is 23.8 Å². The van der Waals surface area contributed by atoms with Crippen molar-refractivity contribution in [1.82, 2.24) is 5.32 Å². The first-order valence-electron chi connectivity index (χ1n) is 6.90. The van der Waals surface area contributed by atoms with Crippen LogP contribution < -0.4 is 14.8 Å². The van der Waals surface area contributed by atoms with Gasteiger partial charge >= 0.3 is 0 Å². The van der Waals surface area contributed by atoms with Crippen molar-refractivity contribution in [1.29, 1.82) is 0 Å². The van der Waals surface area contributed by atoms with E-state index in [-0.39, 0.29) is 12.1 Å². The predicted molar refractivity (Wildman–Crippen MR) is 74.9 cm³/mol. The van der Waals surface area contributed by atoms with Gasteiger partial charge in [0.05, 0.1) is 20.3 Å². The van der Waals surface area contributed by atoms with Gasteiger partial charge in [-0.05, 0) is 19.5 Å². The molecule has 1 aliphatic heterocycles. The van der Waals surface area contributed by atoms with Gasteiger partial charge in [0.2, 0.25) is 0 Å². The van der Waals surface area contributed by atoms with E-state index in [0.29, 0.717) is 6.61 Å². The van der Waals surface area contributed by atoms with E-state index >= 15 is 0 Å². The molecule has 4 heteroatoms. The van der Waals surface area contributed by atoms with Crippen LogP contribution >= 0.6 is 0 Å². The normalized spacial score (nSPS) is 20.3. The summed E-state index contributed by atoms with van der Waals surface area (Å²) in [5, 5.41) is 3.41. The molecule has 106 valence electrons. The Bertz CT molecular complexity index is 402. The van der Waals surface area contributed by atoms with Crippen LogP contribution in [0.3, 0.4) is 0 Å². The third-order valence-corrected chi connectivity index (χ3v) is 3.38. The van der Waals surface area contributed by atoms with Gasteiger partial charge in [-0.2, -0.15) is 0 Å². The molecule has 0 aliphatic carbocycles. The van der Waals surface area contributed by atoms with Gasteiger partial charge in [0, 0.05) is 24.1 Å². The molecule has 2 atom stereocenters. The summed E-state index contributed by atoms with van der Waals surface area (Å²) in [6.45, 7) is 6.63. The zero-order valence-corrected chi connectivity index (χ0v) is 11.9. The highest BCUT2D eigenvalue weighted by molar-refractivity contribution is 5.42. The maximum absolute atomic E-state index is 6.07. The van der Waals surface area contributed by atoms with E-state index in [1.165, 1.54) is 0 Å². The maximum Gasteiger partial charge on any atom is 0.128 e. The third kappa shape index (κ3) is 3.61. The molecule has 0 radical (unpaired) electrons. The Kier molecular flexibility index (Phi) is 5.05. The van der Waals surface area contributed by atoms with Crippen LogP contribution in [0.25, 0.3) is 0 Å². The molecule has 0 bridgehead atoms. The van der Waals surface area contributed by atoms with E-state index in [9.17, 15) is 0 Å². The molecule has 0 aromatic heterocycles. The number of benzene rings is 1. The standard InChI is InChI=1S/C15H23NO3/c1-4-16-11(2)14-6-5-12(17-3)9-15(14)19-13-7-8-18-10-13/h5-6,9,11,13,16H,4,7-8,10H2,1-3H3. The lowest BCUT2D eigenvalue weighted by Crippen LogP contribution is -2.21. The first-order chi connectivity index (χ1) is 9.24. The van der Waals surface area contributed by atoms with Crippen molar-refractivity contribution in [2.24, 2.45) is 0 Å². The van der Waals surface area contributed by atoms with Crippen LogP contribution in [0.5, 0.6) is 11.5 Å². The van der Waals surface area contributed by atoms with E-state index in [2.05, 4.69) is 25.2 Å². The summed E-state index contributed by atoms with van der Waals surface area (Å²) in [6.07, 6.45) is 1.10. The van der Waals surface area contributed by atoms with Crippen molar-refractivity contribution in [3.63, 3.8) is 0 Å². The van der Waals surface area contributed by atoms with Crippen LogP contribution in [-0.2, 0) is 4.74 Å². The smallest absolute Gasteiger partial charge is 0.128 e. The highest BCUT2D eigenvalue weighted by Gasteiger charge is 2.20. The molecular formula is C15H23NO3. The Morgan fingerprint density at radius 2 is 2.32 bits per heavy atom. The maximum atomic E-state index is 6.07. The molecular weight excluding hydrogens is 242 g/mol. The van der Waals surface area contributed by atoms with E-state index in [1.807, 2.05) is 12.1 Å². The van der Waals surface area contributed by atoms with Gasteiger partial charge in [0.15, 0.2) is 0 Å². The molecule has 2 rings (SSSR count). The molecule has 1 aliphatic rings. The zero-order valence-electron chi connectivity index (χ0n) is 11.9. The first-order valence-corrected chi connectivity index (χ1v) is 6.90. The number of rotatable bonds is 6. The molecule has 4 nitrogen and oxygen atoms in total. The molecule has 19 heavy (non-hydrogen) atoms. The van der Waals surface area contributed by atoms with E-state index in [4.69, 9.17) is 14.2 Å². The molecule has 0 amide bonds. The number of methoxy groups -OCH3 is 1. The van der Waals surface area contributed by atoms with Crippen molar-refractivity contribution < 1.29 is 14.2 Å². The monoisotopic (exact) mass is 265 g/mol. The number of nitrogens with one attached hydrogen (secondary N) is 1. The average Bonchev–Trinajstić information content (AvgIpc) is 2.91. The van der Waals surface area contributed by atoms with E-state index < -0.39 is 0 Å². The van der Waals surface area contributed by atoms with Gasteiger partial charge < -0.3 is 19.5 Å². The summed E-state index contributed by atoms with van der Waals surface area (Å²) in [5.74, 6) is 1.71. The summed E-state index contributed by atoms with van der Waals surface area (Å²) >= 11 is 0. The molecule has 1 aromatic rings.